The maximum absolute atomic E-state index is 10.5. The number of aliphatic hydroxyl groups is 4. The SMILES string of the molecule is C=C1CCC2(OC1)OC1CC3C4CC=C5CC(OC6OC(CO)C(O)C(O)C6O)CCC5(C)C4CCC3(C)C1C2C. The highest BCUT2D eigenvalue weighted by atomic mass is 16.7. The van der Waals surface area contributed by atoms with Crippen molar-refractivity contribution in [1.29, 1.82) is 0 Å². The smallest absolute Gasteiger partial charge is 0.186 e. The van der Waals surface area contributed by atoms with Crippen molar-refractivity contribution in [2.45, 2.75) is 127 Å². The van der Waals surface area contributed by atoms with Gasteiger partial charge in [0.1, 0.15) is 24.4 Å². The lowest BCUT2D eigenvalue weighted by Gasteiger charge is -2.58. The Kier molecular flexibility index (Phi) is 7.12. The summed E-state index contributed by atoms with van der Waals surface area (Å²) in [6.45, 7) is 11.7. The van der Waals surface area contributed by atoms with Crippen molar-refractivity contribution in [3.63, 3.8) is 0 Å². The van der Waals surface area contributed by atoms with E-state index in [0.29, 0.717) is 36.2 Å². The van der Waals surface area contributed by atoms with Crippen LogP contribution in [0.3, 0.4) is 0 Å². The number of allylic oxidation sites excluding steroid dienone is 1. The van der Waals surface area contributed by atoms with Crippen molar-refractivity contribution < 1.29 is 39.4 Å². The van der Waals surface area contributed by atoms with Crippen LogP contribution in [0.1, 0.15) is 78.6 Å². The molecule has 3 heterocycles. The minimum Gasteiger partial charge on any atom is -0.394 e. The van der Waals surface area contributed by atoms with Gasteiger partial charge in [-0.3, -0.25) is 0 Å². The molecule has 0 aromatic carbocycles. The molecule has 7 aliphatic rings. The first-order chi connectivity index (χ1) is 19.5. The summed E-state index contributed by atoms with van der Waals surface area (Å²) in [5.74, 6) is 2.48. The number of ether oxygens (including phenoxy) is 4. The van der Waals surface area contributed by atoms with Crippen LogP contribution in [-0.4, -0.2) is 82.3 Å². The van der Waals surface area contributed by atoms with Crippen molar-refractivity contribution in [2.24, 2.45) is 40.4 Å². The van der Waals surface area contributed by atoms with E-state index < -0.39 is 43.1 Å². The van der Waals surface area contributed by atoms with E-state index in [9.17, 15) is 20.4 Å². The van der Waals surface area contributed by atoms with E-state index in [1.165, 1.54) is 24.0 Å². The van der Waals surface area contributed by atoms with Crippen LogP contribution in [0.25, 0.3) is 0 Å². The molecule has 230 valence electrons. The molecule has 8 nitrogen and oxygen atoms in total. The van der Waals surface area contributed by atoms with E-state index in [0.717, 1.165) is 44.9 Å². The molecule has 3 saturated heterocycles. The summed E-state index contributed by atoms with van der Waals surface area (Å²) in [5, 5.41) is 40.4. The highest BCUT2D eigenvalue weighted by molar-refractivity contribution is 5.26. The van der Waals surface area contributed by atoms with E-state index in [1.807, 2.05) is 0 Å². The molecule has 15 unspecified atom stereocenters. The van der Waals surface area contributed by atoms with Gasteiger partial charge in [-0.25, -0.2) is 0 Å². The lowest BCUT2D eigenvalue weighted by atomic mass is 9.47. The third kappa shape index (κ3) is 4.22. The van der Waals surface area contributed by atoms with E-state index in [-0.39, 0.29) is 23.0 Å². The maximum Gasteiger partial charge on any atom is 0.186 e. The summed E-state index contributed by atoms with van der Waals surface area (Å²) < 4.78 is 25.1. The third-order valence-electron chi connectivity index (χ3n) is 13.3. The van der Waals surface area contributed by atoms with Crippen molar-refractivity contribution in [3.8, 4) is 0 Å². The minimum atomic E-state index is -1.41. The van der Waals surface area contributed by atoms with E-state index in [2.05, 4.69) is 33.4 Å². The fourth-order valence-corrected chi connectivity index (χ4v) is 11.0. The summed E-state index contributed by atoms with van der Waals surface area (Å²) in [6, 6.07) is 0. The van der Waals surface area contributed by atoms with Crippen LogP contribution in [0.2, 0.25) is 0 Å². The third-order valence-corrected chi connectivity index (χ3v) is 13.3. The molecule has 4 N–H and O–H groups in total. The first-order valence-electron chi connectivity index (χ1n) is 16.1. The summed E-state index contributed by atoms with van der Waals surface area (Å²) in [6.07, 6.45) is 5.79. The van der Waals surface area contributed by atoms with Gasteiger partial charge >= 0.3 is 0 Å². The quantitative estimate of drug-likeness (QED) is 0.379. The summed E-state index contributed by atoms with van der Waals surface area (Å²) in [4.78, 5) is 0. The Bertz CT molecular complexity index is 1060. The van der Waals surface area contributed by atoms with Gasteiger partial charge in [0.2, 0.25) is 0 Å². The van der Waals surface area contributed by atoms with Crippen LogP contribution < -0.4 is 0 Å². The zero-order chi connectivity index (χ0) is 28.9. The highest BCUT2D eigenvalue weighted by Crippen LogP contribution is 2.70. The standard InChI is InChI=1S/C33H50O8/c1-17-7-12-33(38-16-17)18(2)26-24(41-33)14-23-21-6-5-19-13-20(8-10-31(19,3)22(21)9-11-32(23,26)4)39-30-29(37)28(36)27(35)25(15-34)40-30/h5,18,20-30,34-37H,1,6-16H2,2-4H3. The number of aliphatic hydroxyl groups excluding tert-OH is 4. The van der Waals surface area contributed by atoms with E-state index in [4.69, 9.17) is 18.9 Å². The molecule has 4 aliphatic carbocycles. The molecule has 15 atom stereocenters. The zero-order valence-corrected chi connectivity index (χ0v) is 24.9. The molecule has 0 amide bonds. The Labute approximate surface area is 244 Å². The Morgan fingerprint density at radius 2 is 1.85 bits per heavy atom. The normalized spacial score (nSPS) is 56.6. The first kappa shape index (κ1) is 28.9. The van der Waals surface area contributed by atoms with Crippen LogP contribution in [0.5, 0.6) is 0 Å². The average Bonchev–Trinajstić information content (AvgIpc) is 3.40. The Morgan fingerprint density at radius 1 is 1.05 bits per heavy atom. The fraction of sp³-hybridized carbons (Fsp3) is 0.879. The molecule has 8 heteroatoms. The van der Waals surface area contributed by atoms with Gasteiger partial charge in [-0.15, -0.1) is 0 Å². The molecule has 0 bridgehead atoms. The summed E-state index contributed by atoms with van der Waals surface area (Å²) >= 11 is 0. The first-order valence-corrected chi connectivity index (χ1v) is 16.1. The van der Waals surface area contributed by atoms with Crippen LogP contribution in [0.15, 0.2) is 23.8 Å². The zero-order valence-electron chi connectivity index (χ0n) is 24.9. The summed E-state index contributed by atoms with van der Waals surface area (Å²) in [7, 11) is 0. The predicted molar refractivity (Wildman–Crippen MR) is 150 cm³/mol. The molecule has 0 aromatic rings. The van der Waals surface area contributed by atoms with Crippen LogP contribution in [0.4, 0.5) is 0 Å². The Balaban J connectivity index is 1.05. The number of hydrogen-bond acceptors (Lipinski definition) is 8. The van der Waals surface area contributed by atoms with Crippen LogP contribution in [0, 0.1) is 40.4 Å². The average molecular weight is 575 g/mol. The van der Waals surface area contributed by atoms with Crippen molar-refractivity contribution >= 4 is 0 Å². The molecule has 41 heavy (non-hydrogen) atoms. The van der Waals surface area contributed by atoms with Crippen molar-refractivity contribution in [1.82, 2.24) is 0 Å². The molecule has 3 saturated carbocycles. The summed E-state index contributed by atoms with van der Waals surface area (Å²) in [5.41, 5.74) is 3.05. The lowest BCUT2D eigenvalue weighted by molar-refractivity contribution is -0.313. The topological polar surface area (TPSA) is 118 Å². The van der Waals surface area contributed by atoms with Gasteiger partial charge in [0, 0.05) is 12.3 Å². The second-order valence-corrected chi connectivity index (χ2v) is 15.1. The van der Waals surface area contributed by atoms with Gasteiger partial charge in [0.15, 0.2) is 12.1 Å². The molecule has 0 aromatic heterocycles. The number of fused-ring (bicyclic) bond motifs is 7. The largest absolute Gasteiger partial charge is 0.394 e. The van der Waals surface area contributed by atoms with Crippen molar-refractivity contribution in [3.05, 3.63) is 23.8 Å². The Hall–Kier alpha value is -0.840. The van der Waals surface area contributed by atoms with Gasteiger partial charge in [0.05, 0.1) is 25.4 Å². The number of hydrogen-bond donors (Lipinski definition) is 4. The minimum absolute atomic E-state index is 0.135. The van der Waals surface area contributed by atoms with E-state index in [1.54, 1.807) is 0 Å². The second kappa shape index (κ2) is 10.1. The van der Waals surface area contributed by atoms with Crippen LogP contribution >= 0.6 is 0 Å². The molecule has 7 rings (SSSR count). The second-order valence-electron chi connectivity index (χ2n) is 15.1. The van der Waals surface area contributed by atoms with Gasteiger partial charge in [0.25, 0.3) is 0 Å². The van der Waals surface area contributed by atoms with Gasteiger partial charge in [-0.2, -0.15) is 0 Å². The Morgan fingerprint density at radius 3 is 2.59 bits per heavy atom. The van der Waals surface area contributed by atoms with Crippen molar-refractivity contribution in [2.75, 3.05) is 13.2 Å². The molecule has 1 spiro atoms. The number of rotatable bonds is 3. The highest BCUT2D eigenvalue weighted by Gasteiger charge is 2.68. The molecule has 6 fully saturated rings. The van der Waals surface area contributed by atoms with Gasteiger partial charge in [-0.1, -0.05) is 44.6 Å². The molecule has 3 aliphatic heterocycles. The van der Waals surface area contributed by atoms with Gasteiger partial charge in [-0.05, 0) is 85.9 Å². The van der Waals surface area contributed by atoms with Crippen LogP contribution in [-0.2, 0) is 18.9 Å². The fourth-order valence-electron chi connectivity index (χ4n) is 11.0. The molecule has 0 radical (unpaired) electrons. The monoisotopic (exact) mass is 574 g/mol. The predicted octanol–water partition coefficient (Wildman–Crippen LogP) is 3.46. The van der Waals surface area contributed by atoms with E-state index >= 15 is 0 Å². The molecular formula is C33H50O8. The maximum atomic E-state index is 10.5. The van der Waals surface area contributed by atoms with Gasteiger partial charge < -0.3 is 39.4 Å². The molecular weight excluding hydrogens is 524 g/mol. The lowest BCUT2D eigenvalue weighted by Crippen LogP contribution is -2.60.